The Hall–Kier alpha value is -2.50. The molecule has 1 amide bonds. The Morgan fingerprint density at radius 1 is 0.935 bits per heavy atom. The van der Waals surface area contributed by atoms with Crippen LogP contribution in [-0.4, -0.2) is 65.7 Å². The molecule has 0 spiro atoms. The lowest BCUT2D eigenvalue weighted by Crippen LogP contribution is -2.49. The van der Waals surface area contributed by atoms with Crippen molar-refractivity contribution in [3.8, 4) is 0 Å². The van der Waals surface area contributed by atoms with Crippen LogP contribution in [-0.2, 0) is 4.79 Å². The van der Waals surface area contributed by atoms with Crippen molar-refractivity contribution in [1.29, 1.82) is 0 Å². The molecule has 0 aliphatic carbocycles. The number of rotatable bonds is 5. The zero-order chi connectivity index (χ0) is 22.0. The lowest BCUT2D eigenvalue weighted by molar-refractivity contribution is -0.134. The number of aryl methyl sites for hydroxylation is 3. The molecule has 0 N–H and O–H groups in total. The Kier molecular flexibility index (Phi) is 6.54. The van der Waals surface area contributed by atoms with Crippen LogP contribution < -0.4 is 0 Å². The third-order valence-corrected chi connectivity index (χ3v) is 6.60. The summed E-state index contributed by atoms with van der Waals surface area (Å²) in [6, 6.07) is 15.0. The number of hydrogen-bond acceptors (Lipinski definition) is 4. The van der Waals surface area contributed by atoms with Gasteiger partial charge in [0.25, 0.3) is 5.91 Å². The number of carbonyl (C=O) groups excluding carboxylic acids is 1. The molecule has 1 fully saturated rings. The molecule has 1 atom stereocenters. The fourth-order valence-electron chi connectivity index (χ4n) is 4.53. The van der Waals surface area contributed by atoms with Crippen molar-refractivity contribution in [2.75, 3.05) is 39.3 Å². The molecule has 2 aliphatic heterocycles. The van der Waals surface area contributed by atoms with Crippen LogP contribution in [0, 0.1) is 20.8 Å². The minimum Gasteiger partial charge on any atom is -0.301 e. The smallest absolute Gasteiger partial charge is 0.257 e. The average molecular weight is 419 g/mol. The monoisotopic (exact) mass is 418 g/mol. The molecule has 2 aromatic carbocycles. The molecule has 2 aliphatic rings. The van der Waals surface area contributed by atoms with E-state index in [2.05, 4.69) is 80.0 Å². The standard InChI is InChI=1S/C26H34N4O/c1-5-28-12-14-29(15-13-28)18-26(31)30-25(22-10-7-19(2)8-11-22)17-24(27-30)23-16-20(3)6-9-21(23)4/h6-11,16,25H,5,12-15,17-18H2,1-4H3/t25-/m0/s1. The molecular weight excluding hydrogens is 384 g/mol. The minimum atomic E-state index is -0.0417. The van der Waals surface area contributed by atoms with Gasteiger partial charge in [0, 0.05) is 38.2 Å². The third-order valence-electron chi connectivity index (χ3n) is 6.60. The van der Waals surface area contributed by atoms with Gasteiger partial charge in [-0.1, -0.05) is 54.4 Å². The van der Waals surface area contributed by atoms with Gasteiger partial charge in [0.2, 0.25) is 0 Å². The summed E-state index contributed by atoms with van der Waals surface area (Å²) < 4.78 is 0. The van der Waals surface area contributed by atoms with Crippen LogP contribution in [0.2, 0.25) is 0 Å². The van der Waals surface area contributed by atoms with E-state index in [0.29, 0.717) is 6.54 Å². The van der Waals surface area contributed by atoms with E-state index in [1.807, 2.05) is 0 Å². The zero-order valence-corrected chi connectivity index (χ0v) is 19.3. The van der Waals surface area contributed by atoms with Gasteiger partial charge in [0.05, 0.1) is 18.3 Å². The average Bonchev–Trinajstić information content (AvgIpc) is 3.22. The minimum absolute atomic E-state index is 0.0417. The maximum absolute atomic E-state index is 13.4. The lowest BCUT2D eigenvalue weighted by atomic mass is 9.94. The highest BCUT2D eigenvalue weighted by Crippen LogP contribution is 2.34. The number of hydrogen-bond donors (Lipinski definition) is 0. The summed E-state index contributed by atoms with van der Waals surface area (Å²) in [4.78, 5) is 18.1. The molecule has 0 unspecified atom stereocenters. The highest BCUT2D eigenvalue weighted by molar-refractivity contribution is 6.04. The summed E-state index contributed by atoms with van der Waals surface area (Å²) in [6.45, 7) is 14.0. The number of hydrazone groups is 1. The molecular formula is C26H34N4O. The summed E-state index contributed by atoms with van der Waals surface area (Å²) in [5.74, 6) is 0.0934. The van der Waals surface area contributed by atoms with Crippen LogP contribution in [0.3, 0.4) is 0 Å². The van der Waals surface area contributed by atoms with Crippen LogP contribution in [0.4, 0.5) is 0 Å². The van der Waals surface area contributed by atoms with Gasteiger partial charge >= 0.3 is 0 Å². The molecule has 164 valence electrons. The Balaban J connectivity index is 1.58. The van der Waals surface area contributed by atoms with E-state index in [0.717, 1.165) is 56.0 Å². The topological polar surface area (TPSA) is 39.1 Å². The van der Waals surface area contributed by atoms with Crippen molar-refractivity contribution >= 4 is 11.6 Å². The largest absolute Gasteiger partial charge is 0.301 e. The van der Waals surface area contributed by atoms with Crippen molar-refractivity contribution in [3.05, 3.63) is 70.3 Å². The summed E-state index contributed by atoms with van der Waals surface area (Å²) in [5, 5.41) is 6.66. The van der Waals surface area contributed by atoms with Crippen molar-refractivity contribution in [2.24, 2.45) is 5.10 Å². The van der Waals surface area contributed by atoms with E-state index in [4.69, 9.17) is 5.10 Å². The predicted molar refractivity (Wildman–Crippen MR) is 126 cm³/mol. The second-order valence-corrected chi connectivity index (χ2v) is 8.94. The van der Waals surface area contributed by atoms with Crippen LogP contribution in [0.25, 0.3) is 0 Å². The lowest BCUT2D eigenvalue weighted by Gasteiger charge is -2.34. The third kappa shape index (κ3) is 4.89. The number of likely N-dealkylation sites (N-methyl/N-ethyl adjacent to an activating group) is 1. The Morgan fingerprint density at radius 3 is 2.26 bits per heavy atom. The highest BCUT2D eigenvalue weighted by Gasteiger charge is 2.34. The number of piperazine rings is 1. The van der Waals surface area contributed by atoms with E-state index < -0.39 is 0 Å². The second-order valence-electron chi connectivity index (χ2n) is 8.94. The quantitative estimate of drug-likeness (QED) is 0.739. The normalized spacial score (nSPS) is 20.2. The summed E-state index contributed by atoms with van der Waals surface area (Å²) in [5.41, 5.74) is 6.97. The first-order chi connectivity index (χ1) is 14.9. The summed E-state index contributed by atoms with van der Waals surface area (Å²) in [7, 11) is 0. The van der Waals surface area contributed by atoms with Gasteiger partial charge in [-0.3, -0.25) is 9.69 Å². The fraction of sp³-hybridized carbons (Fsp3) is 0.462. The fourth-order valence-corrected chi connectivity index (χ4v) is 4.53. The molecule has 0 bridgehead atoms. The molecule has 31 heavy (non-hydrogen) atoms. The molecule has 2 aromatic rings. The van der Waals surface area contributed by atoms with Gasteiger partial charge in [-0.15, -0.1) is 0 Å². The zero-order valence-electron chi connectivity index (χ0n) is 19.3. The van der Waals surface area contributed by atoms with Crippen molar-refractivity contribution in [1.82, 2.24) is 14.8 Å². The highest BCUT2D eigenvalue weighted by atomic mass is 16.2. The maximum atomic E-state index is 13.4. The van der Waals surface area contributed by atoms with Gasteiger partial charge in [0.15, 0.2) is 0 Å². The van der Waals surface area contributed by atoms with E-state index >= 15 is 0 Å². The predicted octanol–water partition coefficient (Wildman–Crippen LogP) is 3.93. The SMILES string of the molecule is CCN1CCN(CC(=O)N2N=C(c3cc(C)ccc3C)C[C@H]2c2ccc(C)cc2)CC1. The Labute approximate surface area is 186 Å². The molecule has 2 heterocycles. The van der Waals surface area contributed by atoms with Gasteiger partial charge in [-0.05, 0) is 44.5 Å². The van der Waals surface area contributed by atoms with Crippen LogP contribution in [0.1, 0.15) is 47.2 Å². The molecule has 4 rings (SSSR count). The Bertz CT molecular complexity index is 958. The van der Waals surface area contributed by atoms with Crippen LogP contribution >= 0.6 is 0 Å². The van der Waals surface area contributed by atoms with Crippen LogP contribution in [0.15, 0.2) is 47.6 Å². The van der Waals surface area contributed by atoms with Gasteiger partial charge in [-0.25, -0.2) is 5.01 Å². The second kappa shape index (κ2) is 9.33. The molecule has 0 saturated carbocycles. The first kappa shape index (κ1) is 21.7. The first-order valence-electron chi connectivity index (χ1n) is 11.4. The van der Waals surface area contributed by atoms with E-state index in [1.54, 1.807) is 5.01 Å². The molecule has 0 radical (unpaired) electrons. The Morgan fingerprint density at radius 2 is 1.58 bits per heavy atom. The van der Waals surface area contributed by atoms with Crippen molar-refractivity contribution < 1.29 is 4.79 Å². The molecule has 0 aromatic heterocycles. The number of amides is 1. The number of benzene rings is 2. The molecule has 1 saturated heterocycles. The molecule has 5 nitrogen and oxygen atoms in total. The van der Waals surface area contributed by atoms with E-state index in [-0.39, 0.29) is 11.9 Å². The van der Waals surface area contributed by atoms with Crippen LogP contribution in [0.5, 0.6) is 0 Å². The number of nitrogens with zero attached hydrogens (tertiary/aromatic N) is 4. The maximum Gasteiger partial charge on any atom is 0.257 e. The number of carbonyl (C=O) groups is 1. The van der Waals surface area contributed by atoms with E-state index in [9.17, 15) is 4.79 Å². The summed E-state index contributed by atoms with van der Waals surface area (Å²) >= 11 is 0. The van der Waals surface area contributed by atoms with Gasteiger partial charge < -0.3 is 4.90 Å². The van der Waals surface area contributed by atoms with E-state index in [1.165, 1.54) is 16.7 Å². The van der Waals surface area contributed by atoms with Gasteiger partial charge in [-0.2, -0.15) is 5.10 Å². The summed E-state index contributed by atoms with van der Waals surface area (Å²) in [6.07, 6.45) is 0.753. The van der Waals surface area contributed by atoms with Crippen molar-refractivity contribution in [2.45, 2.75) is 40.2 Å². The van der Waals surface area contributed by atoms with Gasteiger partial charge in [0.1, 0.15) is 0 Å². The molecule has 5 heteroatoms. The van der Waals surface area contributed by atoms with Crippen molar-refractivity contribution in [3.63, 3.8) is 0 Å². The first-order valence-corrected chi connectivity index (χ1v) is 11.4.